The van der Waals surface area contributed by atoms with Gasteiger partial charge < -0.3 is 15.4 Å². The Morgan fingerprint density at radius 1 is 0.909 bits per heavy atom. The third kappa shape index (κ3) is 3.92. The molecule has 162 valence electrons. The number of anilines is 2. The lowest BCUT2D eigenvalue weighted by atomic mass is 10.0. The first kappa shape index (κ1) is 19.8. The third-order valence-electron chi connectivity index (χ3n) is 5.81. The minimum Gasteiger partial charge on any atom is -0.377 e. The van der Waals surface area contributed by atoms with Crippen molar-refractivity contribution in [1.29, 1.82) is 0 Å². The molecule has 0 aliphatic carbocycles. The van der Waals surface area contributed by atoms with Crippen LogP contribution in [0.5, 0.6) is 0 Å². The van der Waals surface area contributed by atoms with Gasteiger partial charge in [-0.2, -0.15) is 0 Å². The lowest BCUT2D eigenvalue weighted by Crippen LogP contribution is -2.48. The quantitative estimate of drug-likeness (QED) is 0.374. The van der Waals surface area contributed by atoms with Gasteiger partial charge in [-0.25, -0.2) is 4.98 Å². The Hall–Kier alpha value is -3.81. The van der Waals surface area contributed by atoms with Gasteiger partial charge in [0, 0.05) is 28.5 Å². The summed E-state index contributed by atoms with van der Waals surface area (Å²) in [4.78, 5) is 21.3. The van der Waals surface area contributed by atoms with Gasteiger partial charge in [-0.15, -0.1) is 11.3 Å². The maximum absolute atomic E-state index is 12.3. The van der Waals surface area contributed by atoms with E-state index in [1.165, 1.54) is 4.70 Å². The van der Waals surface area contributed by atoms with E-state index >= 15 is 0 Å². The summed E-state index contributed by atoms with van der Waals surface area (Å²) >= 11 is 1.64. The van der Waals surface area contributed by atoms with E-state index in [9.17, 15) is 4.79 Å². The van der Waals surface area contributed by atoms with Crippen LogP contribution in [0.15, 0.2) is 78.4 Å². The Morgan fingerprint density at radius 2 is 1.76 bits per heavy atom. The van der Waals surface area contributed by atoms with Gasteiger partial charge >= 0.3 is 0 Å². The minimum atomic E-state index is -0.0680. The monoisotopic (exact) mass is 452 g/mol. The van der Waals surface area contributed by atoms with Crippen LogP contribution in [0.3, 0.4) is 0 Å². The zero-order valence-corrected chi connectivity index (χ0v) is 18.4. The van der Waals surface area contributed by atoms with Gasteiger partial charge in [0.05, 0.1) is 40.5 Å². The summed E-state index contributed by atoms with van der Waals surface area (Å²) in [6.45, 7) is 1.18. The van der Waals surface area contributed by atoms with Crippen LogP contribution in [-0.2, 0) is 4.74 Å². The molecule has 0 radical (unpaired) electrons. The summed E-state index contributed by atoms with van der Waals surface area (Å²) in [6, 6.07) is 22.2. The zero-order chi connectivity index (χ0) is 22.2. The molecule has 1 saturated heterocycles. The number of nitrogens with one attached hydrogen (secondary N) is 2. The number of thiazole rings is 1. The first-order valence-corrected chi connectivity index (χ1v) is 11.6. The highest BCUT2D eigenvalue weighted by Crippen LogP contribution is 2.30. The van der Waals surface area contributed by atoms with E-state index in [1.807, 2.05) is 42.0 Å². The summed E-state index contributed by atoms with van der Waals surface area (Å²) < 4.78 is 6.28. The van der Waals surface area contributed by atoms with Crippen molar-refractivity contribution in [2.24, 2.45) is 0 Å². The molecule has 1 aliphatic rings. The Balaban J connectivity index is 1.25. The van der Waals surface area contributed by atoms with Gasteiger partial charge in [-0.3, -0.25) is 9.78 Å². The van der Waals surface area contributed by atoms with Gasteiger partial charge in [0.25, 0.3) is 5.91 Å². The highest BCUT2D eigenvalue weighted by Gasteiger charge is 2.20. The van der Waals surface area contributed by atoms with Crippen molar-refractivity contribution in [3.05, 3.63) is 84.0 Å². The van der Waals surface area contributed by atoms with Crippen molar-refractivity contribution in [3.63, 3.8) is 0 Å². The van der Waals surface area contributed by atoms with Crippen LogP contribution >= 0.6 is 11.3 Å². The molecule has 6 nitrogen and oxygen atoms in total. The highest BCUT2D eigenvalue weighted by molar-refractivity contribution is 7.16. The lowest BCUT2D eigenvalue weighted by molar-refractivity contribution is -0.00346. The second-order valence-electron chi connectivity index (χ2n) is 8.04. The van der Waals surface area contributed by atoms with Crippen LogP contribution in [-0.4, -0.2) is 35.1 Å². The van der Waals surface area contributed by atoms with Crippen molar-refractivity contribution in [2.45, 2.75) is 6.04 Å². The van der Waals surface area contributed by atoms with E-state index in [0.29, 0.717) is 18.8 Å². The molecule has 0 unspecified atom stereocenters. The topological polar surface area (TPSA) is 76.1 Å². The fourth-order valence-corrected chi connectivity index (χ4v) is 4.59. The Bertz CT molecular complexity index is 1480. The maximum Gasteiger partial charge on any atom is 0.251 e. The molecule has 1 amide bonds. The molecule has 0 atom stereocenters. The molecule has 1 aliphatic heterocycles. The number of pyridine rings is 1. The number of hydrogen-bond donors (Lipinski definition) is 2. The number of ether oxygens (including phenoxy) is 1. The van der Waals surface area contributed by atoms with Crippen molar-refractivity contribution >= 4 is 49.7 Å². The number of amides is 1. The summed E-state index contributed by atoms with van der Waals surface area (Å²) in [5, 5.41) is 7.51. The first-order valence-electron chi connectivity index (χ1n) is 10.7. The maximum atomic E-state index is 12.3. The average Bonchev–Trinajstić information content (AvgIpc) is 3.29. The largest absolute Gasteiger partial charge is 0.377 e. The molecule has 2 N–H and O–H groups in total. The number of nitrogens with zero attached hydrogens (tertiary/aromatic N) is 2. The normalized spacial score (nSPS) is 13.7. The summed E-state index contributed by atoms with van der Waals surface area (Å²) in [5.41, 5.74) is 8.47. The van der Waals surface area contributed by atoms with E-state index < -0.39 is 0 Å². The van der Waals surface area contributed by atoms with Gasteiger partial charge in [0.15, 0.2) is 0 Å². The van der Waals surface area contributed by atoms with Crippen LogP contribution in [0.1, 0.15) is 10.4 Å². The summed E-state index contributed by atoms with van der Waals surface area (Å²) in [7, 11) is 0. The van der Waals surface area contributed by atoms with Gasteiger partial charge in [0.1, 0.15) is 0 Å². The number of carbonyl (C=O) groups excluding carboxylic acids is 1. The number of carbonyl (C=O) groups is 1. The first-order chi connectivity index (χ1) is 16.2. The Kier molecular flexibility index (Phi) is 4.97. The molecule has 0 bridgehead atoms. The van der Waals surface area contributed by atoms with E-state index in [0.717, 1.165) is 38.9 Å². The van der Waals surface area contributed by atoms with Crippen LogP contribution in [0.4, 0.5) is 11.4 Å². The molecule has 1 fully saturated rings. The molecule has 6 rings (SSSR count). The summed E-state index contributed by atoms with van der Waals surface area (Å²) in [6.07, 6.45) is 1.81. The molecule has 3 aromatic carbocycles. The summed E-state index contributed by atoms with van der Waals surface area (Å²) in [5.74, 6) is -0.0680. The van der Waals surface area contributed by atoms with Crippen molar-refractivity contribution in [2.75, 3.05) is 18.5 Å². The van der Waals surface area contributed by atoms with Gasteiger partial charge in [0.2, 0.25) is 0 Å². The van der Waals surface area contributed by atoms with Crippen molar-refractivity contribution < 1.29 is 9.53 Å². The fraction of sp³-hybridized carbons (Fsp3) is 0.115. The van der Waals surface area contributed by atoms with Gasteiger partial charge in [-0.1, -0.05) is 24.3 Å². The molecular weight excluding hydrogens is 432 g/mol. The molecule has 5 aromatic rings. The molecule has 0 saturated carbocycles. The highest BCUT2D eigenvalue weighted by atomic mass is 32.1. The van der Waals surface area contributed by atoms with Crippen LogP contribution < -0.4 is 10.6 Å². The minimum absolute atomic E-state index is 0.0680. The van der Waals surface area contributed by atoms with E-state index in [2.05, 4.69) is 57.0 Å². The predicted molar refractivity (Wildman–Crippen MR) is 132 cm³/mol. The number of aromatic nitrogens is 2. The molecular formula is C26H20N4O2S. The number of hydrogen-bond acceptors (Lipinski definition) is 6. The number of rotatable bonds is 5. The van der Waals surface area contributed by atoms with Gasteiger partial charge in [-0.05, 0) is 53.6 Å². The third-order valence-corrected chi connectivity index (χ3v) is 6.62. The second-order valence-corrected chi connectivity index (χ2v) is 8.92. The SMILES string of the molecule is O=C(NC1COC1)c1ccc(-c2ccc3c(Nc4ccc5scnc5c4)ccnc3c2)cc1. The number of benzene rings is 3. The molecule has 3 heterocycles. The lowest BCUT2D eigenvalue weighted by Gasteiger charge is -2.26. The predicted octanol–water partition coefficient (Wildman–Crippen LogP) is 5.38. The van der Waals surface area contributed by atoms with Crippen LogP contribution in [0, 0.1) is 0 Å². The standard InChI is InChI=1S/C26H20N4O2S/c31-26(30-20-13-32-14-20)17-3-1-16(2-4-17)18-5-7-21-22(9-10-27-23(21)11-18)29-19-6-8-25-24(12-19)28-15-33-25/h1-12,15,20H,13-14H2,(H,27,29)(H,30,31). The fourth-order valence-electron chi connectivity index (χ4n) is 3.93. The smallest absolute Gasteiger partial charge is 0.251 e. The molecule has 0 spiro atoms. The molecule has 33 heavy (non-hydrogen) atoms. The Morgan fingerprint density at radius 3 is 2.58 bits per heavy atom. The van der Waals surface area contributed by atoms with E-state index in [-0.39, 0.29) is 11.9 Å². The van der Waals surface area contributed by atoms with E-state index in [4.69, 9.17) is 4.74 Å². The molecule has 2 aromatic heterocycles. The second kappa shape index (κ2) is 8.27. The molecule has 7 heteroatoms. The van der Waals surface area contributed by atoms with Crippen LogP contribution in [0.2, 0.25) is 0 Å². The average molecular weight is 453 g/mol. The van der Waals surface area contributed by atoms with Crippen molar-refractivity contribution in [3.8, 4) is 11.1 Å². The number of fused-ring (bicyclic) bond motifs is 2. The Labute approximate surface area is 194 Å². The zero-order valence-electron chi connectivity index (χ0n) is 17.6. The van der Waals surface area contributed by atoms with Crippen molar-refractivity contribution in [1.82, 2.24) is 15.3 Å². The van der Waals surface area contributed by atoms with E-state index in [1.54, 1.807) is 11.3 Å². The van der Waals surface area contributed by atoms with Crippen LogP contribution in [0.25, 0.3) is 32.2 Å².